The van der Waals surface area contributed by atoms with E-state index in [1.54, 1.807) is 37.4 Å². The first-order valence-corrected chi connectivity index (χ1v) is 8.76. The monoisotopic (exact) mass is 345 g/mol. The molecule has 0 aliphatic carbocycles. The van der Waals surface area contributed by atoms with Crippen molar-refractivity contribution in [2.24, 2.45) is 0 Å². The molecule has 0 spiro atoms. The number of nitrogens with zero attached hydrogens (tertiary/aromatic N) is 2. The molecule has 0 aliphatic heterocycles. The first-order chi connectivity index (χ1) is 11.5. The molecule has 2 aromatic carbocycles. The van der Waals surface area contributed by atoms with Crippen molar-refractivity contribution in [3.05, 3.63) is 72.3 Å². The number of hydrogen-bond donors (Lipinski definition) is 1. The van der Waals surface area contributed by atoms with Crippen molar-refractivity contribution >= 4 is 10.0 Å². The molecule has 1 aromatic heterocycles. The van der Waals surface area contributed by atoms with E-state index < -0.39 is 15.8 Å². The predicted octanol–water partition coefficient (Wildman–Crippen LogP) is 2.65. The zero-order valence-corrected chi connectivity index (χ0v) is 13.8. The van der Waals surface area contributed by atoms with Crippen LogP contribution in [0.4, 0.5) is 4.39 Å². The second-order valence-electron chi connectivity index (χ2n) is 5.18. The van der Waals surface area contributed by atoms with Crippen LogP contribution in [0.2, 0.25) is 0 Å². The maximum atomic E-state index is 14.2. The number of nitrogens with one attached hydrogen (secondary N) is 1. The van der Waals surface area contributed by atoms with Crippen molar-refractivity contribution in [1.82, 2.24) is 14.3 Å². The average Bonchev–Trinajstić information content (AvgIpc) is 3.01. The number of rotatable bonds is 5. The predicted molar refractivity (Wildman–Crippen MR) is 89.4 cm³/mol. The Balaban J connectivity index is 2.23. The molecular formula is C17H16FN3O2S. The fraction of sp³-hybridized carbons (Fsp3) is 0.118. The number of benzene rings is 2. The largest absolute Gasteiger partial charge is 0.314 e. The number of aromatic nitrogens is 2. The molecule has 5 nitrogen and oxygen atoms in total. The van der Waals surface area contributed by atoms with E-state index in [1.807, 2.05) is 0 Å². The third-order valence-corrected chi connectivity index (χ3v) is 5.16. The molecule has 24 heavy (non-hydrogen) atoms. The van der Waals surface area contributed by atoms with E-state index >= 15 is 0 Å². The van der Waals surface area contributed by atoms with Crippen molar-refractivity contribution < 1.29 is 12.8 Å². The number of hydrogen-bond acceptors (Lipinski definition) is 4. The minimum absolute atomic E-state index is 0.0576. The van der Waals surface area contributed by atoms with Crippen LogP contribution in [0.25, 0.3) is 11.4 Å². The Morgan fingerprint density at radius 2 is 1.75 bits per heavy atom. The summed E-state index contributed by atoms with van der Waals surface area (Å²) < 4.78 is 41.1. The molecule has 0 saturated heterocycles. The highest BCUT2D eigenvalue weighted by molar-refractivity contribution is 7.90. The van der Waals surface area contributed by atoms with Crippen LogP contribution < -0.4 is 5.32 Å². The van der Waals surface area contributed by atoms with Gasteiger partial charge in [-0.15, -0.1) is 0 Å². The van der Waals surface area contributed by atoms with Crippen LogP contribution in [0.5, 0.6) is 0 Å². The van der Waals surface area contributed by atoms with Crippen LogP contribution in [0.1, 0.15) is 5.69 Å². The van der Waals surface area contributed by atoms with E-state index in [4.69, 9.17) is 0 Å². The molecule has 1 heterocycles. The summed E-state index contributed by atoms with van der Waals surface area (Å²) in [6.45, 7) is 0.374. The van der Waals surface area contributed by atoms with Gasteiger partial charge in [-0.3, -0.25) is 0 Å². The van der Waals surface area contributed by atoms with Crippen molar-refractivity contribution in [1.29, 1.82) is 0 Å². The fourth-order valence-corrected chi connectivity index (χ4v) is 3.74. The molecule has 0 unspecified atom stereocenters. The van der Waals surface area contributed by atoms with Crippen molar-refractivity contribution in [2.45, 2.75) is 11.4 Å². The summed E-state index contributed by atoms with van der Waals surface area (Å²) in [4.78, 5) is 4.43. The lowest BCUT2D eigenvalue weighted by molar-refractivity contribution is 0.587. The van der Waals surface area contributed by atoms with E-state index in [0.29, 0.717) is 12.2 Å². The molecule has 0 radical (unpaired) electrons. The number of imidazole rings is 1. The molecule has 0 atom stereocenters. The topological polar surface area (TPSA) is 64.0 Å². The normalized spacial score (nSPS) is 11.6. The summed E-state index contributed by atoms with van der Waals surface area (Å²) in [6, 6.07) is 14.0. The average molecular weight is 345 g/mol. The quantitative estimate of drug-likeness (QED) is 0.772. The van der Waals surface area contributed by atoms with Crippen LogP contribution in [-0.2, 0) is 16.6 Å². The standard InChI is InChI=1S/C17H16FN3O2S/c1-19-11-13-12-21(24(22,23)14-7-3-2-4-8-14)17(20-13)15-9-5-6-10-16(15)18/h2-10,12,19H,11H2,1H3. The van der Waals surface area contributed by atoms with E-state index in [1.165, 1.54) is 30.5 Å². The molecule has 0 aliphatic rings. The van der Waals surface area contributed by atoms with Crippen LogP contribution in [-0.4, -0.2) is 24.4 Å². The summed E-state index contributed by atoms with van der Waals surface area (Å²) in [5.41, 5.74) is 0.648. The number of halogens is 1. The lowest BCUT2D eigenvalue weighted by Gasteiger charge is -2.09. The lowest BCUT2D eigenvalue weighted by Crippen LogP contribution is -2.14. The summed E-state index contributed by atoms with van der Waals surface area (Å²) in [5.74, 6) is -0.467. The smallest absolute Gasteiger partial charge is 0.269 e. The zero-order chi connectivity index (χ0) is 17.2. The SMILES string of the molecule is CNCc1cn(S(=O)(=O)c2ccccc2)c(-c2ccccc2F)n1. The summed E-state index contributed by atoms with van der Waals surface area (Å²) in [5, 5.41) is 2.92. The van der Waals surface area contributed by atoms with Crippen LogP contribution in [0.3, 0.4) is 0 Å². The zero-order valence-electron chi connectivity index (χ0n) is 13.0. The molecule has 0 bridgehead atoms. The fourth-order valence-electron chi connectivity index (χ4n) is 2.39. The lowest BCUT2D eigenvalue weighted by atomic mass is 10.2. The highest BCUT2D eigenvalue weighted by atomic mass is 32.2. The van der Waals surface area contributed by atoms with Gasteiger partial charge in [0.1, 0.15) is 5.82 Å². The molecule has 0 amide bonds. The second-order valence-corrected chi connectivity index (χ2v) is 6.99. The molecule has 0 fully saturated rings. The van der Waals surface area contributed by atoms with Crippen LogP contribution in [0, 0.1) is 5.82 Å². The Bertz CT molecular complexity index is 953. The highest BCUT2D eigenvalue weighted by Gasteiger charge is 2.24. The van der Waals surface area contributed by atoms with Gasteiger partial charge in [-0.05, 0) is 31.3 Å². The van der Waals surface area contributed by atoms with E-state index in [2.05, 4.69) is 10.3 Å². The molecule has 3 rings (SSSR count). The Morgan fingerprint density at radius 3 is 2.42 bits per heavy atom. The first-order valence-electron chi connectivity index (χ1n) is 7.32. The van der Waals surface area contributed by atoms with E-state index in [-0.39, 0.29) is 16.3 Å². The van der Waals surface area contributed by atoms with Gasteiger partial charge in [-0.1, -0.05) is 30.3 Å². The van der Waals surface area contributed by atoms with Gasteiger partial charge in [0.2, 0.25) is 0 Å². The molecule has 124 valence electrons. The second kappa shape index (κ2) is 6.54. The minimum atomic E-state index is -3.87. The summed E-state index contributed by atoms with van der Waals surface area (Å²) in [7, 11) is -2.14. The Hall–Kier alpha value is -2.51. The minimum Gasteiger partial charge on any atom is -0.314 e. The molecule has 7 heteroatoms. The maximum Gasteiger partial charge on any atom is 0.269 e. The summed E-state index contributed by atoms with van der Waals surface area (Å²) >= 11 is 0. The Labute approximate surface area is 139 Å². The van der Waals surface area contributed by atoms with Crippen LogP contribution in [0.15, 0.2) is 65.7 Å². The molecule has 3 aromatic rings. The van der Waals surface area contributed by atoms with Crippen molar-refractivity contribution in [3.8, 4) is 11.4 Å². The van der Waals surface area contributed by atoms with Gasteiger partial charge in [0.15, 0.2) is 5.82 Å². The maximum absolute atomic E-state index is 14.2. The van der Waals surface area contributed by atoms with Gasteiger partial charge in [0.25, 0.3) is 10.0 Å². The highest BCUT2D eigenvalue weighted by Crippen LogP contribution is 2.26. The van der Waals surface area contributed by atoms with E-state index in [0.717, 1.165) is 3.97 Å². The Morgan fingerprint density at radius 1 is 1.08 bits per heavy atom. The Kier molecular flexibility index (Phi) is 4.46. The van der Waals surface area contributed by atoms with E-state index in [9.17, 15) is 12.8 Å². The van der Waals surface area contributed by atoms with Gasteiger partial charge in [-0.25, -0.2) is 21.8 Å². The van der Waals surface area contributed by atoms with Gasteiger partial charge in [0, 0.05) is 12.7 Å². The third-order valence-electron chi connectivity index (χ3n) is 3.50. The first kappa shape index (κ1) is 16.4. The van der Waals surface area contributed by atoms with Gasteiger partial charge < -0.3 is 5.32 Å². The molecule has 0 saturated carbocycles. The van der Waals surface area contributed by atoms with Gasteiger partial charge in [0.05, 0.1) is 16.2 Å². The summed E-state index contributed by atoms with van der Waals surface area (Å²) in [6.07, 6.45) is 1.42. The van der Waals surface area contributed by atoms with Gasteiger partial charge in [-0.2, -0.15) is 0 Å². The van der Waals surface area contributed by atoms with Crippen molar-refractivity contribution in [3.63, 3.8) is 0 Å². The van der Waals surface area contributed by atoms with Crippen molar-refractivity contribution in [2.75, 3.05) is 7.05 Å². The molecule has 1 N–H and O–H groups in total. The van der Waals surface area contributed by atoms with Gasteiger partial charge >= 0.3 is 0 Å². The molecular weight excluding hydrogens is 329 g/mol. The third kappa shape index (κ3) is 2.95. The van der Waals surface area contributed by atoms with Crippen LogP contribution >= 0.6 is 0 Å².